The lowest BCUT2D eigenvalue weighted by Gasteiger charge is -2.23. The molecular formula is C17H17N5O. The number of aromatic nitrogens is 2. The van der Waals surface area contributed by atoms with Crippen LogP contribution in [0.5, 0.6) is 5.75 Å². The van der Waals surface area contributed by atoms with E-state index in [1.165, 1.54) is 0 Å². The average molecular weight is 307 g/mol. The van der Waals surface area contributed by atoms with Crippen molar-refractivity contribution in [2.24, 2.45) is 0 Å². The van der Waals surface area contributed by atoms with E-state index in [1.54, 1.807) is 30.5 Å². The zero-order valence-corrected chi connectivity index (χ0v) is 12.7. The van der Waals surface area contributed by atoms with Crippen molar-refractivity contribution in [2.45, 2.75) is 25.5 Å². The van der Waals surface area contributed by atoms with E-state index in [9.17, 15) is 5.26 Å². The SMILES string of the molecule is N#Cc1cccc(OCc2cnn(C3CCNCC3)c2C#N)c1. The molecule has 0 spiro atoms. The Bertz CT molecular complexity index is 762. The van der Waals surface area contributed by atoms with E-state index in [-0.39, 0.29) is 12.6 Å². The van der Waals surface area contributed by atoms with Gasteiger partial charge in [0, 0.05) is 5.56 Å². The maximum absolute atomic E-state index is 9.47. The van der Waals surface area contributed by atoms with E-state index in [1.807, 2.05) is 4.68 Å². The molecular weight excluding hydrogens is 290 g/mol. The molecule has 1 aromatic heterocycles. The zero-order valence-electron chi connectivity index (χ0n) is 12.7. The molecule has 0 amide bonds. The fourth-order valence-corrected chi connectivity index (χ4v) is 2.77. The van der Waals surface area contributed by atoms with Gasteiger partial charge in [0.25, 0.3) is 0 Å². The molecule has 1 aliphatic rings. The second kappa shape index (κ2) is 6.95. The number of hydrogen-bond donors (Lipinski definition) is 1. The molecule has 6 nitrogen and oxygen atoms in total. The molecule has 1 aliphatic heterocycles. The highest BCUT2D eigenvalue weighted by Gasteiger charge is 2.20. The average Bonchev–Trinajstić information content (AvgIpc) is 3.04. The van der Waals surface area contributed by atoms with Gasteiger partial charge in [-0.1, -0.05) is 6.07 Å². The van der Waals surface area contributed by atoms with Gasteiger partial charge in [-0.15, -0.1) is 0 Å². The monoisotopic (exact) mass is 307 g/mol. The van der Waals surface area contributed by atoms with Crippen LogP contribution in [-0.2, 0) is 6.61 Å². The molecule has 1 fully saturated rings. The van der Waals surface area contributed by atoms with Crippen LogP contribution in [0.4, 0.5) is 0 Å². The maximum atomic E-state index is 9.47. The van der Waals surface area contributed by atoms with Crippen molar-refractivity contribution in [1.82, 2.24) is 15.1 Å². The number of nitrogens with zero attached hydrogens (tertiary/aromatic N) is 4. The van der Waals surface area contributed by atoms with E-state index >= 15 is 0 Å². The molecule has 1 saturated heterocycles. The van der Waals surface area contributed by atoms with Gasteiger partial charge in [0.2, 0.25) is 0 Å². The highest BCUT2D eigenvalue weighted by atomic mass is 16.5. The van der Waals surface area contributed by atoms with Crippen LogP contribution >= 0.6 is 0 Å². The number of piperidine rings is 1. The Labute approximate surface area is 134 Å². The third-order valence-electron chi connectivity index (χ3n) is 3.99. The minimum absolute atomic E-state index is 0.265. The highest BCUT2D eigenvalue weighted by molar-refractivity contribution is 5.37. The number of rotatable bonds is 4. The lowest BCUT2D eigenvalue weighted by atomic mass is 10.1. The summed E-state index contributed by atoms with van der Waals surface area (Å²) in [7, 11) is 0. The van der Waals surface area contributed by atoms with E-state index in [0.717, 1.165) is 31.5 Å². The molecule has 1 aromatic carbocycles. The number of nitriles is 2. The lowest BCUT2D eigenvalue weighted by Crippen LogP contribution is -2.30. The molecule has 0 radical (unpaired) electrons. The Balaban J connectivity index is 1.74. The molecule has 0 unspecified atom stereocenters. The summed E-state index contributed by atoms with van der Waals surface area (Å²) in [5.74, 6) is 0.613. The molecule has 2 heterocycles. The molecule has 0 atom stereocenters. The first-order chi connectivity index (χ1) is 11.3. The first kappa shape index (κ1) is 15.1. The van der Waals surface area contributed by atoms with Crippen LogP contribution in [0.1, 0.15) is 35.7 Å². The van der Waals surface area contributed by atoms with E-state index in [2.05, 4.69) is 22.6 Å². The van der Waals surface area contributed by atoms with Gasteiger partial charge >= 0.3 is 0 Å². The summed E-state index contributed by atoms with van der Waals surface area (Å²) in [4.78, 5) is 0. The normalized spacial score (nSPS) is 14.9. The van der Waals surface area contributed by atoms with Crippen molar-refractivity contribution in [3.63, 3.8) is 0 Å². The van der Waals surface area contributed by atoms with Crippen molar-refractivity contribution >= 4 is 0 Å². The predicted octanol–water partition coefficient (Wildman–Crippen LogP) is 2.13. The summed E-state index contributed by atoms with van der Waals surface area (Å²) in [5, 5.41) is 26.1. The Morgan fingerprint density at radius 2 is 2.09 bits per heavy atom. The standard InChI is InChI=1S/C17H17N5O/c18-9-13-2-1-3-16(8-13)23-12-14-11-21-22(17(14)10-19)15-4-6-20-7-5-15/h1-3,8,11,15,20H,4-7,12H2. The maximum Gasteiger partial charge on any atom is 0.145 e. The summed E-state index contributed by atoms with van der Waals surface area (Å²) in [5.41, 5.74) is 1.88. The van der Waals surface area contributed by atoms with Crippen molar-refractivity contribution in [2.75, 3.05) is 13.1 Å². The third kappa shape index (κ3) is 3.33. The van der Waals surface area contributed by atoms with Crippen LogP contribution in [0.3, 0.4) is 0 Å². The van der Waals surface area contributed by atoms with Crippen LogP contribution in [0.25, 0.3) is 0 Å². The van der Waals surface area contributed by atoms with Crippen LogP contribution in [0.2, 0.25) is 0 Å². The van der Waals surface area contributed by atoms with Gasteiger partial charge in [0.1, 0.15) is 24.1 Å². The fraction of sp³-hybridized carbons (Fsp3) is 0.353. The molecule has 116 valence electrons. The van der Waals surface area contributed by atoms with Crippen LogP contribution in [-0.4, -0.2) is 22.9 Å². The molecule has 0 saturated carbocycles. The summed E-state index contributed by atoms with van der Waals surface area (Å²) in [6, 6.07) is 11.6. The predicted molar refractivity (Wildman–Crippen MR) is 83.6 cm³/mol. The van der Waals surface area contributed by atoms with Gasteiger partial charge in [-0.25, -0.2) is 0 Å². The Morgan fingerprint density at radius 1 is 1.26 bits per heavy atom. The van der Waals surface area contributed by atoms with Crippen molar-refractivity contribution < 1.29 is 4.74 Å². The summed E-state index contributed by atoms with van der Waals surface area (Å²) < 4.78 is 7.53. The largest absolute Gasteiger partial charge is 0.489 e. The second-order valence-electron chi connectivity index (χ2n) is 5.48. The van der Waals surface area contributed by atoms with Crippen molar-refractivity contribution in [1.29, 1.82) is 10.5 Å². The lowest BCUT2D eigenvalue weighted by molar-refractivity contribution is 0.304. The fourth-order valence-electron chi connectivity index (χ4n) is 2.77. The minimum atomic E-state index is 0.265. The Morgan fingerprint density at radius 3 is 2.83 bits per heavy atom. The Kier molecular flexibility index (Phi) is 4.56. The van der Waals surface area contributed by atoms with E-state index < -0.39 is 0 Å². The topological polar surface area (TPSA) is 86.7 Å². The summed E-state index contributed by atoms with van der Waals surface area (Å²) >= 11 is 0. The van der Waals surface area contributed by atoms with Gasteiger partial charge in [0.15, 0.2) is 0 Å². The summed E-state index contributed by atoms with van der Waals surface area (Å²) in [6.45, 7) is 2.16. The van der Waals surface area contributed by atoms with Crippen LogP contribution < -0.4 is 10.1 Å². The molecule has 3 rings (SSSR count). The van der Waals surface area contributed by atoms with Gasteiger partial charge in [-0.2, -0.15) is 15.6 Å². The smallest absolute Gasteiger partial charge is 0.145 e. The van der Waals surface area contributed by atoms with Gasteiger partial charge < -0.3 is 10.1 Å². The third-order valence-corrected chi connectivity index (χ3v) is 3.99. The van der Waals surface area contributed by atoms with Crippen LogP contribution in [0.15, 0.2) is 30.5 Å². The number of benzene rings is 1. The molecule has 6 heteroatoms. The van der Waals surface area contributed by atoms with Gasteiger partial charge in [-0.3, -0.25) is 4.68 Å². The number of nitrogens with one attached hydrogen (secondary N) is 1. The van der Waals surface area contributed by atoms with Crippen molar-refractivity contribution in [3.8, 4) is 17.9 Å². The second-order valence-corrected chi connectivity index (χ2v) is 5.48. The number of ether oxygens (including phenoxy) is 1. The molecule has 23 heavy (non-hydrogen) atoms. The zero-order chi connectivity index (χ0) is 16.1. The minimum Gasteiger partial charge on any atom is -0.489 e. The summed E-state index contributed by atoms with van der Waals surface area (Å²) in [6.07, 6.45) is 3.65. The quantitative estimate of drug-likeness (QED) is 0.935. The van der Waals surface area contributed by atoms with E-state index in [4.69, 9.17) is 10.00 Å². The van der Waals surface area contributed by atoms with Gasteiger partial charge in [-0.05, 0) is 44.1 Å². The number of hydrogen-bond acceptors (Lipinski definition) is 5. The molecule has 0 bridgehead atoms. The first-order valence-corrected chi connectivity index (χ1v) is 7.62. The first-order valence-electron chi connectivity index (χ1n) is 7.62. The Hall–Kier alpha value is -2.83. The van der Waals surface area contributed by atoms with Crippen LogP contribution in [0, 0.1) is 22.7 Å². The van der Waals surface area contributed by atoms with E-state index in [0.29, 0.717) is 17.0 Å². The molecule has 1 N–H and O–H groups in total. The highest BCUT2D eigenvalue weighted by Crippen LogP contribution is 2.22. The molecule has 2 aromatic rings. The molecule has 0 aliphatic carbocycles. The van der Waals surface area contributed by atoms with Gasteiger partial charge in [0.05, 0.1) is 23.9 Å². The van der Waals surface area contributed by atoms with Crippen molar-refractivity contribution in [3.05, 3.63) is 47.3 Å².